The van der Waals surface area contributed by atoms with Gasteiger partial charge in [0.05, 0.1) is 23.5 Å². The number of esters is 1. The highest BCUT2D eigenvalue weighted by Gasteiger charge is 2.69. The summed E-state index contributed by atoms with van der Waals surface area (Å²) in [6, 6.07) is -3.69. The number of piperidine rings is 1. The number of rotatable bonds is 12. The number of aliphatic hydroxyl groups is 1. The zero-order chi connectivity index (χ0) is 35.2. The Labute approximate surface area is 274 Å². The lowest BCUT2D eigenvalue weighted by molar-refractivity contribution is -0.154. The highest BCUT2D eigenvalue weighted by Crippen LogP contribution is 2.65. The molecule has 0 bridgehead atoms. The number of ether oxygens (including phenoxy) is 1. The maximum atomic E-state index is 14.3. The van der Waals surface area contributed by atoms with E-state index in [9.17, 15) is 29.1 Å². The molecule has 3 fully saturated rings. The molecule has 0 aromatic rings. The van der Waals surface area contributed by atoms with Crippen LogP contribution in [0.1, 0.15) is 102 Å². The minimum atomic E-state index is -1.29. The molecule has 1 heterocycles. The molecule has 4 unspecified atom stereocenters. The fraction of sp³-hybridized carbons (Fsp3) is 0.853. The van der Waals surface area contributed by atoms with Crippen LogP contribution in [0.3, 0.4) is 0 Å². The lowest BCUT2D eigenvalue weighted by atomic mass is 9.80. The molecule has 0 aromatic heterocycles. The second kappa shape index (κ2) is 13.4. The fourth-order valence-corrected chi connectivity index (χ4v) is 6.76. The van der Waals surface area contributed by atoms with E-state index in [2.05, 4.69) is 29.8 Å². The van der Waals surface area contributed by atoms with Gasteiger partial charge in [0.25, 0.3) is 5.91 Å². The molecule has 2 saturated carbocycles. The van der Waals surface area contributed by atoms with E-state index in [1.807, 2.05) is 41.5 Å². The van der Waals surface area contributed by atoms with Crippen molar-refractivity contribution in [1.29, 1.82) is 0 Å². The molecule has 1 saturated heterocycles. The SMILES string of the molecule is CC(C)(C)C(=O)OC[C@@H](NC(=O)NC(C(=O)N1C[C@H]2[C@@H](C1C(O)NC(CC1CCC1)C(=O)C(N)=O)C2(C)C)C(C)(C)C)C(C)(C)C. The molecule has 0 spiro atoms. The average Bonchev–Trinajstić information content (AvgIpc) is 3.19. The first kappa shape index (κ1) is 37.7. The van der Waals surface area contributed by atoms with E-state index in [0.29, 0.717) is 13.0 Å². The molecule has 12 heteroatoms. The first-order valence-corrected chi connectivity index (χ1v) is 16.7. The zero-order valence-corrected chi connectivity index (χ0v) is 29.8. The van der Waals surface area contributed by atoms with Gasteiger partial charge in [0.1, 0.15) is 18.9 Å². The van der Waals surface area contributed by atoms with Crippen LogP contribution >= 0.6 is 0 Å². The van der Waals surface area contributed by atoms with Crippen molar-refractivity contribution < 1.29 is 33.8 Å². The van der Waals surface area contributed by atoms with Gasteiger partial charge in [0, 0.05) is 6.54 Å². The quantitative estimate of drug-likeness (QED) is 0.122. The number of likely N-dealkylation sites (tertiary alicyclic amines) is 1. The highest BCUT2D eigenvalue weighted by molar-refractivity contribution is 6.37. The summed E-state index contributed by atoms with van der Waals surface area (Å²) in [5, 5.41) is 20.4. The maximum absolute atomic E-state index is 14.3. The molecule has 0 radical (unpaired) electrons. The number of carbonyl (C=O) groups is 5. The van der Waals surface area contributed by atoms with Crippen LogP contribution in [0.25, 0.3) is 0 Å². The highest BCUT2D eigenvalue weighted by atomic mass is 16.5. The molecule has 4 amide bonds. The van der Waals surface area contributed by atoms with Gasteiger partial charge in [-0.1, -0.05) is 74.7 Å². The Bertz CT molecular complexity index is 1180. The van der Waals surface area contributed by atoms with Gasteiger partial charge in [-0.3, -0.25) is 24.5 Å². The van der Waals surface area contributed by atoms with Crippen LogP contribution < -0.4 is 21.7 Å². The fourth-order valence-electron chi connectivity index (χ4n) is 6.76. The Morgan fingerprint density at radius 2 is 1.54 bits per heavy atom. The Kier molecular flexibility index (Phi) is 11.0. The number of primary amides is 1. The number of hydrogen-bond acceptors (Lipinski definition) is 8. The van der Waals surface area contributed by atoms with Crippen LogP contribution in [0.2, 0.25) is 0 Å². The van der Waals surface area contributed by atoms with Gasteiger partial charge in [0.2, 0.25) is 11.7 Å². The summed E-state index contributed by atoms with van der Waals surface area (Å²) in [6.07, 6.45) is 2.06. The van der Waals surface area contributed by atoms with Gasteiger partial charge in [-0.2, -0.15) is 0 Å². The second-order valence-corrected chi connectivity index (χ2v) is 17.5. The topological polar surface area (TPSA) is 180 Å². The monoisotopic (exact) mass is 649 g/mol. The average molecular weight is 650 g/mol. The maximum Gasteiger partial charge on any atom is 0.315 e. The number of aliphatic hydroxyl groups excluding tert-OH is 1. The van der Waals surface area contributed by atoms with E-state index in [1.54, 1.807) is 25.7 Å². The molecular formula is C34H59N5O7. The van der Waals surface area contributed by atoms with Crippen molar-refractivity contribution >= 4 is 29.6 Å². The number of carbonyl (C=O) groups excluding carboxylic acids is 5. The number of amides is 4. The minimum absolute atomic E-state index is 0.0301. The van der Waals surface area contributed by atoms with Crippen molar-refractivity contribution in [3.8, 4) is 0 Å². The van der Waals surface area contributed by atoms with Crippen LogP contribution in [-0.2, 0) is 23.9 Å². The van der Waals surface area contributed by atoms with Crippen molar-refractivity contribution in [3.63, 3.8) is 0 Å². The first-order valence-electron chi connectivity index (χ1n) is 16.7. The van der Waals surface area contributed by atoms with Gasteiger partial charge in [-0.05, 0) is 61.2 Å². The zero-order valence-electron chi connectivity index (χ0n) is 29.8. The Hall–Kier alpha value is -2.73. The number of ketones is 1. The third-order valence-electron chi connectivity index (χ3n) is 10.3. The van der Waals surface area contributed by atoms with Crippen LogP contribution in [0.5, 0.6) is 0 Å². The number of nitrogens with two attached hydrogens (primary N) is 1. The van der Waals surface area contributed by atoms with Crippen LogP contribution in [-0.4, -0.2) is 83.2 Å². The van der Waals surface area contributed by atoms with Gasteiger partial charge in [-0.15, -0.1) is 0 Å². The van der Waals surface area contributed by atoms with Gasteiger partial charge in [0.15, 0.2) is 0 Å². The van der Waals surface area contributed by atoms with Crippen LogP contribution in [0.15, 0.2) is 0 Å². The predicted octanol–water partition coefficient (Wildman–Crippen LogP) is 2.71. The molecule has 3 aliphatic rings. The molecule has 3 rings (SSSR count). The largest absolute Gasteiger partial charge is 0.463 e. The summed E-state index contributed by atoms with van der Waals surface area (Å²) < 4.78 is 5.53. The number of hydrogen-bond donors (Lipinski definition) is 5. The smallest absolute Gasteiger partial charge is 0.315 e. The summed E-state index contributed by atoms with van der Waals surface area (Å²) in [5.41, 5.74) is 3.37. The number of nitrogens with zero attached hydrogens (tertiary/aromatic N) is 1. The summed E-state index contributed by atoms with van der Waals surface area (Å²) in [6.45, 7) is 21.2. The van der Waals surface area contributed by atoms with Gasteiger partial charge >= 0.3 is 12.0 Å². The molecule has 6 N–H and O–H groups in total. The summed E-state index contributed by atoms with van der Waals surface area (Å²) >= 11 is 0. The Morgan fingerprint density at radius 1 is 0.957 bits per heavy atom. The molecule has 0 aromatic carbocycles. The van der Waals surface area contributed by atoms with E-state index >= 15 is 0 Å². The van der Waals surface area contributed by atoms with Crippen molar-refractivity contribution in [2.24, 2.45) is 45.1 Å². The molecular weight excluding hydrogens is 590 g/mol. The van der Waals surface area contributed by atoms with Gasteiger partial charge in [-0.25, -0.2) is 4.79 Å². The minimum Gasteiger partial charge on any atom is -0.463 e. The number of Topliss-reactive ketones (excluding diaryl/α,β-unsaturated/α-hetero) is 1. The van der Waals surface area contributed by atoms with Crippen molar-refractivity contribution in [2.75, 3.05) is 13.2 Å². The molecule has 262 valence electrons. The van der Waals surface area contributed by atoms with Crippen molar-refractivity contribution in [2.45, 2.75) is 132 Å². The van der Waals surface area contributed by atoms with E-state index in [-0.39, 0.29) is 41.7 Å². The molecule has 1 aliphatic heterocycles. The first-order chi connectivity index (χ1) is 20.9. The van der Waals surface area contributed by atoms with Crippen LogP contribution in [0.4, 0.5) is 4.79 Å². The lowest BCUT2D eigenvalue weighted by Gasteiger charge is -2.41. The number of urea groups is 1. The van der Waals surface area contributed by atoms with E-state index in [0.717, 1.165) is 19.3 Å². The molecule has 12 nitrogen and oxygen atoms in total. The lowest BCUT2D eigenvalue weighted by Crippen LogP contribution is -2.63. The molecule has 46 heavy (non-hydrogen) atoms. The molecule has 2 aliphatic carbocycles. The Balaban J connectivity index is 1.80. The third-order valence-corrected chi connectivity index (χ3v) is 10.3. The summed E-state index contributed by atoms with van der Waals surface area (Å²) in [7, 11) is 0. The van der Waals surface area contributed by atoms with Crippen LogP contribution in [0, 0.1) is 39.4 Å². The number of fused-ring (bicyclic) bond motifs is 1. The molecule has 7 atom stereocenters. The van der Waals surface area contributed by atoms with E-state index in [4.69, 9.17) is 10.5 Å². The Morgan fingerprint density at radius 3 is 2.00 bits per heavy atom. The second-order valence-electron chi connectivity index (χ2n) is 17.5. The van der Waals surface area contributed by atoms with E-state index in [1.165, 1.54) is 0 Å². The predicted molar refractivity (Wildman–Crippen MR) is 174 cm³/mol. The van der Waals surface area contributed by atoms with Crippen molar-refractivity contribution in [1.82, 2.24) is 20.9 Å². The normalized spacial score (nSPS) is 25.3. The standard InChI is InChI=1S/C34H59N5O7/c1-31(2,3)21(17-46-29(44)33(7,8)9)37-30(45)38-25(32(4,5)6)28(43)39-16-19-22(34(19,10)11)23(39)27(42)36-20(24(40)26(35)41)15-18-13-12-14-18/h18-23,25,27,36,42H,12-17H2,1-11H3,(H2,35,41)(H2,37,38,45)/t19-,20?,21+,22-,23?,25?,27?/m0/s1. The number of nitrogens with one attached hydrogen (secondary N) is 3. The summed E-state index contributed by atoms with van der Waals surface area (Å²) in [4.78, 5) is 66.4. The van der Waals surface area contributed by atoms with Crippen molar-refractivity contribution in [3.05, 3.63) is 0 Å². The summed E-state index contributed by atoms with van der Waals surface area (Å²) in [5.74, 6) is -2.20. The van der Waals surface area contributed by atoms with Gasteiger partial charge < -0.3 is 31.1 Å². The van der Waals surface area contributed by atoms with E-state index < -0.39 is 64.4 Å². The third kappa shape index (κ3) is 8.59.